The van der Waals surface area contributed by atoms with Gasteiger partial charge in [0.05, 0.1) is 17.5 Å². The highest BCUT2D eigenvalue weighted by Crippen LogP contribution is 2.40. The first-order chi connectivity index (χ1) is 10.1. The Bertz CT molecular complexity index is 665. The number of methoxy groups -OCH3 is 1. The molecule has 21 heavy (non-hydrogen) atoms. The molecule has 1 heterocycles. The number of hydrogen-bond donors (Lipinski definition) is 1. The van der Waals surface area contributed by atoms with Gasteiger partial charge < -0.3 is 10.1 Å². The van der Waals surface area contributed by atoms with Crippen molar-refractivity contribution in [2.45, 2.75) is 39.2 Å². The fraction of sp³-hybridized carbons (Fsp3) is 0.412. The van der Waals surface area contributed by atoms with E-state index in [0.717, 1.165) is 28.6 Å². The van der Waals surface area contributed by atoms with Crippen molar-refractivity contribution >= 4 is 28.6 Å². The maximum absolute atomic E-state index is 6.19. The van der Waals surface area contributed by atoms with Crippen LogP contribution in [0.4, 0.5) is 5.69 Å². The summed E-state index contributed by atoms with van der Waals surface area (Å²) in [5.41, 5.74) is 4.86. The second kappa shape index (κ2) is 5.90. The van der Waals surface area contributed by atoms with Gasteiger partial charge in [0, 0.05) is 16.1 Å². The number of fused-ring (bicyclic) bond motifs is 1. The van der Waals surface area contributed by atoms with E-state index >= 15 is 0 Å². The topological polar surface area (TPSA) is 21.3 Å². The van der Waals surface area contributed by atoms with E-state index in [1.54, 1.807) is 18.4 Å². The molecule has 1 atom stereocenters. The van der Waals surface area contributed by atoms with Gasteiger partial charge in [-0.1, -0.05) is 17.7 Å². The summed E-state index contributed by atoms with van der Waals surface area (Å²) >= 11 is 7.91. The lowest BCUT2D eigenvalue weighted by molar-refractivity contribution is 0.408. The Morgan fingerprint density at radius 2 is 2.14 bits per heavy atom. The predicted molar refractivity (Wildman–Crippen MR) is 91.1 cm³/mol. The maximum atomic E-state index is 6.19. The van der Waals surface area contributed by atoms with Crippen molar-refractivity contribution in [3.8, 4) is 5.75 Å². The van der Waals surface area contributed by atoms with Gasteiger partial charge in [-0.2, -0.15) is 0 Å². The number of halogens is 1. The molecule has 2 nitrogen and oxygen atoms in total. The minimum atomic E-state index is 0.351. The van der Waals surface area contributed by atoms with E-state index in [1.165, 1.54) is 28.0 Å². The number of anilines is 1. The molecule has 0 aliphatic heterocycles. The van der Waals surface area contributed by atoms with E-state index in [-0.39, 0.29) is 0 Å². The molecular weight excluding hydrogens is 302 g/mol. The molecule has 4 heteroatoms. The summed E-state index contributed by atoms with van der Waals surface area (Å²) in [6.07, 6.45) is 3.51. The summed E-state index contributed by atoms with van der Waals surface area (Å²) in [5, 5.41) is 3.69. The van der Waals surface area contributed by atoms with E-state index < -0.39 is 0 Å². The lowest BCUT2D eigenvalue weighted by Crippen LogP contribution is -2.16. The predicted octanol–water partition coefficient (Wildman–Crippen LogP) is 5.52. The summed E-state index contributed by atoms with van der Waals surface area (Å²) in [6, 6.07) is 6.73. The summed E-state index contributed by atoms with van der Waals surface area (Å²) in [7, 11) is 1.73. The van der Waals surface area contributed by atoms with Gasteiger partial charge in [0.15, 0.2) is 0 Å². The van der Waals surface area contributed by atoms with Crippen LogP contribution in [0.1, 0.15) is 40.5 Å². The molecule has 1 aromatic heterocycles. The van der Waals surface area contributed by atoms with Gasteiger partial charge in [-0.15, -0.1) is 11.3 Å². The summed E-state index contributed by atoms with van der Waals surface area (Å²) in [6.45, 7) is 4.19. The second-order valence-corrected chi connectivity index (χ2v) is 7.37. The van der Waals surface area contributed by atoms with Crippen molar-refractivity contribution in [2.75, 3.05) is 12.4 Å². The first kappa shape index (κ1) is 14.7. The Balaban J connectivity index is 1.91. The first-order valence-corrected chi connectivity index (χ1v) is 8.48. The Morgan fingerprint density at radius 3 is 2.90 bits per heavy atom. The van der Waals surface area contributed by atoms with Crippen LogP contribution in [0.15, 0.2) is 18.2 Å². The molecule has 1 aliphatic carbocycles. The van der Waals surface area contributed by atoms with E-state index in [1.807, 2.05) is 0 Å². The fourth-order valence-corrected chi connectivity index (χ4v) is 4.54. The van der Waals surface area contributed by atoms with E-state index in [9.17, 15) is 0 Å². The fourth-order valence-electron chi connectivity index (χ4n) is 3.16. The highest BCUT2D eigenvalue weighted by atomic mass is 35.5. The standard InChI is InChI=1S/C17H20ClNOS/c1-10-7-8-13(11(2)17(10)20-3)19-14-5-4-6-15-12(14)9-16(18)21-15/h7-9,14,19H,4-6H2,1-3H3. The van der Waals surface area contributed by atoms with Gasteiger partial charge >= 0.3 is 0 Å². The number of nitrogens with one attached hydrogen (secondary N) is 1. The summed E-state index contributed by atoms with van der Waals surface area (Å²) in [4.78, 5) is 1.43. The zero-order valence-electron chi connectivity index (χ0n) is 12.6. The third-order valence-electron chi connectivity index (χ3n) is 4.22. The van der Waals surface area contributed by atoms with Crippen molar-refractivity contribution in [3.63, 3.8) is 0 Å². The summed E-state index contributed by atoms with van der Waals surface area (Å²) < 4.78 is 6.42. The minimum absolute atomic E-state index is 0.351. The van der Waals surface area contributed by atoms with Crippen LogP contribution in [0.3, 0.4) is 0 Å². The van der Waals surface area contributed by atoms with Crippen molar-refractivity contribution in [1.82, 2.24) is 0 Å². The minimum Gasteiger partial charge on any atom is -0.496 e. The molecule has 3 rings (SSSR count). The van der Waals surface area contributed by atoms with Crippen molar-refractivity contribution < 1.29 is 4.74 Å². The van der Waals surface area contributed by atoms with Gasteiger partial charge in [-0.05, 0) is 56.4 Å². The van der Waals surface area contributed by atoms with E-state index in [2.05, 4.69) is 37.4 Å². The Labute approximate surface area is 135 Å². The third kappa shape index (κ3) is 2.77. The maximum Gasteiger partial charge on any atom is 0.126 e. The second-order valence-electron chi connectivity index (χ2n) is 5.61. The zero-order chi connectivity index (χ0) is 15.0. The summed E-state index contributed by atoms with van der Waals surface area (Å²) in [5.74, 6) is 0.972. The largest absolute Gasteiger partial charge is 0.496 e. The molecule has 0 radical (unpaired) electrons. The Hall–Kier alpha value is -1.19. The molecule has 1 aromatic carbocycles. The van der Waals surface area contributed by atoms with Crippen LogP contribution in [0.5, 0.6) is 5.75 Å². The van der Waals surface area contributed by atoms with Crippen molar-refractivity contribution in [2.24, 2.45) is 0 Å². The van der Waals surface area contributed by atoms with E-state index in [4.69, 9.17) is 16.3 Å². The molecule has 1 unspecified atom stereocenters. The SMILES string of the molecule is COc1c(C)ccc(NC2CCCc3sc(Cl)cc32)c1C. The Morgan fingerprint density at radius 1 is 1.33 bits per heavy atom. The smallest absolute Gasteiger partial charge is 0.126 e. The highest BCUT2D eigenvalue weighted by Gasteiger charge is 2.23. The van der Waals surface area contributed by atoms with Crippen LogP contribution < -0.4 is 10.1 Å². The molecule has 0 amide bonds. The van der Waals surface area contributed by atoms with Gasteiger partial charge in [0.1, 0.15) is 5.75 Å². The molecule has 112 valence electrons. The van der Waals surface area contributed by atoms with Crippen molar-refractivity contribution in [3.05, 3.63) is 44.1 Å². The lowest BCUT2D eigenvalue weighted by atomic mass is 9.93. The van der Waals surface area contributed by atoms with Gasteiger partial charge in [-0.3, -0.25) is 0 Å². The monoisotopic (exact) mass is 321 g/mol. The molecular formula is C17H20ClNOS. The number of rotatable bonds is 3. The lowest BCUT2D eigenvalue weighted by Gasteiger charge is -2.26. The molecule has 0 fully saturated rings. The van der Waals surface area contributed by atoms with Crippen LogP contribution in [0, 0.1) is 13.8 Å². The van der Waals surface area contributed by atoms with Crippen LogP contribution >= 0.6 is 22.9 Å². The van der Waals surface area contributed by atoms with Crippen LogP contribution in [0.25, 0.3) is 0 Å². The van der Waals surface area contributed by atoms with Crippen LogP contribution in [-0.4, -0.2) is 7.11 Å². The molecule has 0 saturated carbocycles. The quantitative estimate of drug-likeness (QED) is 0.804. The zero-order valence-corrected chi connectivity index (χ0v) is 14.2. The van der Waals surface area contributed by atoms with Crippen molar-refractivity contribution in [1.29, 1.82) is 0 Å². The number of aryl methyl sites for hydroxylation is 2. The number of benzene rings is 1. The average Bonchev–Trinajstić information content (AvgIpc) is 2.84. The number of hydrogen-bond acceptors (Lipinski definition) is 3. The third-order valence-corrected chi connectivity index (χ3v) is 5.56. The van der Waals surface area contributed by atoms with Gasteiger partial charge in [-0.25, -0.2) is 0 Å². The average molecular weight is 322 g/mol. The molecule has 2 aromatic rings. The number of thiophene rings is 1. The van der Waals surface area contributed by atoms with Gasteiger partial charge in [0.2, 0.25) is 0 Å². The van der Waals surface area contributed by atoms with E-state index in [0.29, 0.717) is 6.04 Å². The molecule has 0 saturated heterocycles. The highest BCUT2D eigenvalue weighted by molar-refractivity contribution is 7.16. The molecule has 1 N–H and O–H groups in total. The van der Waals surface area contributed by atoms with Crippen LogP contribution in [0.2, 0.25) is 4.34 Å². The molecule has 1 aliphatic rings. The molecule has 0 bridgehead atoms. The normalized spacial score (nSPS) is 17.4. The van der Waals surface area contributed by atoms with Gasteiger partial charge in [0.25, 0.3) is 0 Å². The van der Waals surface area contributed by atoms with Crippen LogP contribution in [-0.2, 0) is 6.42 Å². The first-order valence-electron chi connectivity index (χ1n) is 7.29. The molecule has 0 spiro atoms. The number of ether oxygens (including phenoxy) is 1. The Kier molecular flexibility index (Phi) is 4.14.